The number of rotatable bonds is 5. The first-order valence-corrected chi connectivity index (χ1v) is 7.15. The molecule has 1 aromatic carbocycles. The van der Waals surface area contributed by atoms with Crippen LogP contribution in [0.2, 0.25) is 0 Å². The number of halogens is 1. The molecule has 0 radical (unpaired) electrons. The molecular weight excluding hydrogens is 311 g/mol. The van der Waals surface area contributed by atoms with Crippen LogP contribution in [0.15, 0.2) is 60.9 Å². The van der Waals surface area contributed by atoms with E-state index in [1.807, 2.05) is 0 Å². The van der Waals surface area contributed by atoms with Crippen molar-refractivity contribution in [1.29, 1.82) is 0 Å². The summed E-state index contributed by atoms with van der Waals surface area (Å²) >= 11 is 0. The smallest absolute Gasteiger partial charge is 0.270 e. The molecule has 1 amide bonds. The number of pyridine rings is 1. The monoisotopic (exact) mass is 324 g/mol. The number of carbonyl (C=O) groups is 1. The fourth-order valence-corrected chi connectivity index (χ4v) is 1.93. The molecule has 0 unspecified atom stereocenters. The molecule has 0 spiro atoms. The molecule has 0 saturated carbocycles. The molecule has 7 heteroatoms. The summed E-state index contributed by atoms with van der Waals surface area (Å²) in [6.07, 6.45) is 2.96. The largest absolute Gasteiger partial charge is 0.456 e. The Balaban J connectivity index is 1.60. The fourth-order valence-electron chi connectivity index (χ4n) is 1.93. The zero-order valence-corrected chi connectivity index (χ0v) is 12.5. The Kier molecular flexibility index (Phi) is 4.71. The lowest BCUT2D eigenvalue weighted by Crippen LogP contribution is -2.24. The minimum atomic E-state index is -0.388. The van der Waals surface area contributed by atoms with Gasteiger partial charge in [-0.2, -0.15) is 10.2 Å². The van der Waals surface area contributed by atoms with Gasteiger partial charge in [-0.15, -0.1) is 0 Å². The van der Waals surface area contributed by atoms with Gasteiger partial charge in [0.2, 0.25) is 0 Å². The number of hydrogen-bond acceptors (Lipinski definition) is 5. The Morgan fingerprint density at radius 1 is 1.12 bits per heavy atom. The summed E-state index contributed by atoms with van der Waals surface area (Å²) in [6.45, 7) is 0.260. The number of amides is 1. The van der Waals surface area contributed by atoms with Gasteiger partial charge >= 0.3 is 0 Å². The molecule has 0 saturated heterocycles. The molecule has 0 atom stereocenters. The van der Waals surface area contributed by atoms with Gasteiger partial charge in [0.05, 0.1) is 18.4 Å². The fraction of sp³-hybridized carbons (Fsp3) is 0.0588. The maximum atomic E-state index is 13.1. The third-order valence-electron chi connectivity index (χ3n) is 3.06. The predicted octanol–water partition coefficient (Wildman–Crippen LogP) is 2.73. The van der Waals surface area contributed by atoms with Crippen LogP contribution in [-0.2, 0) is 6.54 Å². The highest BCUT2D eigenvalue weighted by Gasteiger charge is 2.08. The average molecular weight is 324 g/mol. The van der Waals surface area contributed by atoms with Crippen molar-refractivity contribution in [2.24, 2.45) is 0 Å². The highest BCUT2D eigenvalue weighted by Crippen LogP contribution is 2.21. The number of hydrogen-bond donors (Lipinski definition) is 1. The molecule has 3 aromatic rings. The number of ether oxygens (including phenoxy) is 1. The lowest BCUT2D eigenvalue weighted by atomic mass is 10.3. The van der Waals surface area contributed by atoms with Crippen molar-refractivity contribution in [2.75, 3.05) is 0 Å². The third kappa shape index (κ3) is 4.10. The van der Waals surface area contributed by atoms with Crippen LogP contribution in [0.4, 0.5) is 4.39 Å². The van der Waals surface area contributed by atoms with Gasteiger partial charge in [-0.3, -0.25) is 4.79 Å². The van der Waals surface area contributed by atoms with E-state index in [2.05, 4.69) is 20.5 Å². The second-order valence-corrected chi connectivity index (χ2v) is 4.84. The van der Waals surface area contributed by atoms with Gasteiger partial charge in [0.1, 0.15) is 23.0 Å². The lowest BCUT2D eigenvalue weighted by molar-refractivity contribution is 0.0945. The molecule has 0 aliphatic rings. The van der Waals surface area contributed by atoms with Crippen molar-refractivity contribution in [3.8, 4) is 11.5 Å². The molecule has 0 aliphatic carbocycles. The van der Waals surface area contributed by atoms with E-state index in [4.69, 9.17) is 4.74 Å². The number of nitrogens with one attached hydrogen (secondary N) is 1. The van der Waals surface area contributed by atoms with Crippen LogP contribution in [0, 0.1) is 5.82 Å². The number of nitrogens with zero attached hydrogens (tertiary/aromatic N) is 3. The summed E-state index contributed by atoms with van der Waals surface area (Å²) in [5.41, 5.74) is 0.891. The third-order valence-corrected chi connectivity index (χ3v) is 3.06. The first-order valence-electron chi connectivity index (χ1n) is 7.15. The maximum Gasteiger partial charge on any atom is 0.270 e. The Morgan fingerprint density at radius 3 is 2.75 bits per heavy atom. The Morgan fingerprint density at radius 2 is 2.04 bits per heavy atom. The van der Waals surface area contributed by atoms with Gasteiger partial charge in [0.25, 0.3) is 5.91 Å². The van der Waals surface area contributed by atoms with Crippen molar-refractivity contribution in [3.05, 3.63) is 78.1 Å². The topological polar surface area (TPSA) is 77.0 Å². The molecule has 0 bridgehead atoms. The lowest BCUT2D eigenvalue weighted by Gasteiger charge is -2.07. The molecule has 120 valence electrons. The van der Waals surface area contributed by atoms with Gasteiger partial charge in [0, 0.05) is 12.3 Å². The van der Waals surface area contributed by atoms with E-state index in [1.165, 1.54) is 24.4 Å². The van der Waals surface area contributed by atoms with Crippen LogP contribution in [0.1, 0.15) is 16.2 Å². The highest BCUT2D eigenvalue weighted by molar-refractivity contribution is 5.92. The molecular formula is C17H13FN4O2. The Labute approximate surface area is 137 Å². The van der Waals surface area contributed by atoms with Crippen LogP contribution in [0.5, 0.6) is 11.5 Å². The van der Waals surface area contributed by atoms with E-state index in [0.717, 1.165) is 0 Å². The molecule has 2 heterocycles. The quantitative estimate of drug-likeness (QED) is 0.781. The molecule has 0 fully saturated rings. The average Bonchev–Trinajstić information content (AvgIpc) is 2.61. The first-order chi connectivity index (χ1) is 11.7. The number of carbonyl (C=O) groups excluding carboxylic acids is 1. The second-order valence-electron chi connectivity index (χ2n) is 4.84. The summed E-state index contributed by atoms with van der Waals surface area (Å²) < 4.78 is 18.6. The zero-order valence-electron chi connectivity index (χ0n) is 12.5. The van der Waals surface area contributed by atoms with Crippen LogP contribution < -0.4 is 10.1 Å². The van der Waals surface area contributed by atoms with Gasteiger partial charge < -0.3 is 10.1 Å². The first kappa shape index (κ1) is 15.5. The van der Waals surface area contributed by atoms with Crippen LogP contribution in [0.3, 0.4) is 0 Å². The van der Waals surface area contributed by atoms with E-state index in [9.17, 15) is 9.18 Å². The second kappa shape index (κ2) is 7.28. The van der Waals surface area contributed by atoms with Crippen molar-refractivity contribution in [3.63, 3.8) is 0 Å². The summed E-state index contributed by atoms with van der Waals surface area (Å²) in [5, 5.41) is 10.3. The van der Waals surface area contributed by atoms with Gasteiger partial charge in [0.15, 0.2) is 0 Å². The molecule has 0 aliphatic heterocycles. The van der Waals surface area contributed by atoms with E-state index in [-0.39, 0.29) is 24.0 Å². The summed E-state index contributed by atoms with van der Waals surface area (Å²) in [7, 11) is 0. The number of aromatic nitrogens is 3. The van der Waals surface area contributed by atoms with Crippen molar-refractivity contribution in [2.45, 2.75) is 6.54 Å². The molecule has 24 heavy (non-hydrogen) atoms. The summed E-state index contributed by atoms with van der Waals surface area (Å²) in [5.74, 6) is 0.0427. The number of benzene rings is 1. The maximum absolute atomic E-state index is 13.1. The highest BCUT2D eigenvalue weighted by atomic mass is 19.1. The van der Waals surface area contributed by atoms with Crippen molar-refractivity contribution in [1.82, 2.24) is 20.5 Å². The standard InChI is InChI=1S/C17H13FN4O2/c18-12-3-1-5-14(9-12)24-15-6-7-16(19-11-15)17(23)20-10-13-4-2-8-21-22-13/h1-9,11H,10H2,(H,20,23). The molecule has 6 nitrogen and oxygen atoms in total. The predicted molar refractivity (Wildman–Crippen MR) is 83.9 cm³/mol. The normalized spacial score (nSPS) is 10.2. The van der Waals surface area contributed by atoms with Crippen LogP contribution >= 0.6 is 0 Å². The minimum absolute atomic E-state index is 0.241. The van der Waals surface area contributed by atoms with Crippen LogP contribution in [0.25, 0.3) is 0 Å². The van der Waals surface area contributed by atoms with E-state index < -0.39 is 0 Å². The van der Waals surface area contributed by atoms with E-state index >= 15 is 0 Å². The molecule has 1 N–H and O–H groups in total. The van der Waals surface area contributed by atoms with Crippen molar-refractivity contribution >= 4 is 5.91 Å². The van der Waals surface area contributed by atoms with E-state index in [1.54, 1.807) is 36.5 Å². The van der Waals surface area contributed by atoms with Gasteiger partial charge in [-0.25, -0.2) is 9.37 Å². The molecule has 2 aromatic heterocycles. The summed E-state index contributed by atoms with van der Waals surface area (Å²) in [4.78, 5) is 16.1. The Hall–Kier alpha value is -3.35. The van der Waals surface area contributed by atoms with Gasteiger partial charge in [-0.1, -0.05) is 6.07 Å². The van der Waals surface area contributed by atoms with E-state index in [0.29, 0.717) is 17.2 Å². The summed E-state index contributed by atoms with van der Waals surface area (Å²) in [6, 6.07) is 12.4. The Bertz CT molecular complexity index is 826. The van der Waals surface area contributed by atoms with Gasteiger partial charge in [-0.05, 0) is 36.4 Å². The SMILES string of the molecule is O=C(NCc1cccnn1)c1ccc(Oc2cccc(F)c2)cn1. The van der Waals surface area contributed by atoms with Crippen LogP contribution in [-0.4, -0.2) is 21.1 Å². The molecule has 3 rings (SSSR count). The minimum Gasteiger partial charge on any atom is -0.456 e. The van der Waals surface area contributed by atoms with Crippen molar-refractivity contribution < 1.29 is 13.9 Å². The zero-order chi connectivity index (χ0) is 16.8.